The number of thiocarbonyl (C=S) groups is 1. The van der Waals surface area contributed by atoms with Gasteiger partial charge >= 0.3 is 0 Å². The smallest absolute Gasteiger partial charge is 0.230 e. The summed E-state index contributed by atoms with van der Waals surface area (Å²) in [5.74, 6) is 0.570. The molecule has 0 atom stereocenters. The Kier molecular flexibility index (Phi) is 7.20. The number of thiophene rings is 1. The van der Waals surface area contributed by atoms with Gasteiger partial charge in [0, 0.05) is 43.0 Å². The summed E-state index contributed by atoms with van der Waals surface area (Å²) in [7, 11) is 0. The summed E-state index contributed by atoms with van der Waals surface area (Å²) in [4.78, 5) is 22.0. The Morgan fingerprint density at radius 2 is 1.92 bits per heavy atom. The van der Waals surface area contributed by atoms with Crippen LogP contribution in [-0.2, 0) is 17.8 Å². The van der Waals surface area contributed by atoms with Gasteiger partial charge in [-0.2, -0.15) is 0 Å². The van der Waals surface area contributed by atoms with Crippen molar-refractivity contribution in [3.63, 3.8) is 0 Å². The first-order chi connectivity index (χ1) is 18.0. The van der Waals surface area contributed by atoms with Gasteiger partial charge in [-0.3, -0.25) is 9.78 Å². The average Bonchev–Trinajstić information content (AvgIpc) is 3.53. The zero-order valence-electron chi connectivity index (χ0n) is 19.8. The minimum Gasteiger partial charge on any atom is -0.453 e. The topological polar surface area (TPSA) is 81.1 Å². The van der Waals surface area contributed by atoms with Crippen LogP contribution in [0.15, 0.2) is 79.3 Å². The van der Waals surface area contributed by atoms with Gasteiger partial charge in [-0.05, 0) is 42.9 Å². The number of aromatic nitrogens is 3. The van der Waals surface area contributed by atoms with E-state index in [-0.39, 0.29) is 23.2 Å². The standard InChI is InChI=1S/C27H22FN5O2S2/c1-2-33-13-12-30-26(33)23-16-20-25(37-23)22(10-11-29-20)35-21-9-8-18(15-19(21)28)31-27(36)32-24(34)14-17-6-4-3-5-7-17/h3-13,15-16H,2,14H2,1H3,(H2,31,32,34,36). The van der Waals surface area contributed by atoms with Crippen molar-refractivity contribution < 1.29 is 13.9 Å². The van der Waals surface area contributed by atoms with E-state index < -0.39 is 5.82 Å². The number of hydrogen-bond acceptors (Lipinski definition) is 6. The van der Waals surface area contributed by atoms with Crippen LogP contribution in [-0.4, -0.2) is 25.6 Å². The van der Waals surface area contributed by atoms with Crippen molar-refractivity contribution in [1.82, 2.24) is 19.9 Å². The molecule has 37 heavy (non-hydrogen) atoms. The van der Waals surface area contributed by atoms with E-state index in [1.54, 1.807) is 24.5 Å². The van der Waals surface area contributed by atoms with Gasteiger partial charge in [0.05, 0.1) is 21.5 Å². The SMILES string of the molecule is CCn1ccnc1-c1cc2nccc(Oc3ccc(NC(=S)NC(=O)Cc4ccccc4)cc3F)c2s1. The van der Waals surface area contributed by atoms with Gasteiger partial charge in [-0.1, -0.05) is 30.3 Å². The van der Waals surface area contributed by atoms with Crippen LogP contribution in [0, 0.1) is 5.82 Å². The molecule has 186 valence electrons. The van der Waals surface area contributed by atoms with Crippen molar-refractivity contribution in [2.45, 2.75) is 19.9 Å². The molecule has 10 heteroatoms. The predicted molar refractivity (Wildman–Crippen MR) is 147 cm³/mol. The Morgan fingerprint density at radius 3 is 2.70 bits per heavy atom. The average molecular weight is 532 g/mol. The molecule has 0 aliphatic heterocycles. The van der Waals surface area contributed by atoms with Crippen molar-refractivity contribution in [3.8, 4) is 22.2 Å². The van der Waals surface area contributed by atoms with E-state index in [4.69, 9.17) is 17.0 Å². The number of aryl methyl sites for hydroxylation is 1. The van der Waals surface area contributed by atoms with Crippen LogP contribution in [0.3, 0.4) is 0 Å². The minimum absolute atomic E-state index is 0.0575. The molecule has 7 nitrogen and oxygen atoms in total. The van der Waals surface area contributed by atoms with Crippen molar-refractivity contribution in [1.29, 1.82) is 0 Å². The van der Waals surface area contributed by atoms with E-state index >= 15 is 0 Å². The highest BCUT2D eigenvalue weighted by molar-refractivity contribution is 7.80. The maximum atomic E-state index is 14.9. The fourth-order valence-electron chi connectivity index (χ4n) is 3.79. The molecular formula is C27H22FN5O2S2. The first-order valence-corrected chi connectivity index (χ1v) is 12.7. The fraction of sp³-hybridized carbons (Fsp3) is 0.111. The molecule has 3 aromatic heterocycles. The summed E-state index contributed by atoms with van der Waals surface area (Å²) in [6.45, 7) is 2.85. The fourth-order valence-corrected chi connectivity index (χ4v) is 5.10. The van der Waals surface area contributed by atoms with Crippen molar-refractivity contribution >= 4 is 50.5 Å². The minimum atomic E-state index is -0.577. The third kappa shape index (κ3) is 5.65. The summed E-state index contributed by atoms with van der Waals surface area (Å²) >= 11 is 6.70. The van der Waals surface area contributed by atoms with Gasteiger partial charge in [0.25, 0.3) is 0 Å². The van der Waals surface area contributed by atoms with Crippen LogP contribution in [0.25, 0.3) is 20.9 Å². The zero-order chi connectivity index (χ0) is 25.8. The first-order valence-electron chi connectivity index (χ1n) is 11.5. The van der Waals surface area contributed by atoms with Crippen LogP contribution in [0.4, 0.5) is 10.1 Å². The molecule has 5 rings (SSSR count). The summed E-state index contributed by atoms with van der Waals surface area (Å²) in [6, 6.07) is 17.4. The molecule has 0 unspecified atom stereocenters. The molecule has 0 radical (unpaired) electrons. The van der Waals surface area contributed by atoms with Gasteiger partial charge in [0.2, 0.25) is 5.91 Å². The number of hydrogen-bond donors (Lipinski definition) is 2. The number of nitrogens with zero attached hydrogens (tertiary/aromatic N) is 3. The Hall–Kier alpha value is -4.15. The summed E-state index contributed by atoms with van der Waals surface area (Å²) in [6.07, 6.45) is 5.51. The number of benzene rings is 2. The van der Waals surface area contributed by atoms with Crippen LogP contribution in [0.1, 0.15) is 12.5 Å². The molecular weight excluding hydrogens is 509 g/mol. The predicted octanol–water partition coefficient (Wildman–Crippen LogP) is 6.17. The lowest BCUT2D eigenvalue weighted by Gasteiger charge is -2.12. The van der Waals surface area contributed by atoms with Crippen LogP contribution >= 0.6 is 23.6 Å². The van der Waals surface area contributed by atoms with Crippen LogP contribution in [0.2, 0.25) is 0 Å². The van der Waals surface area contributed by atoms with Gasteiger partial charge in [-0.25, -0.2) is 9.37 Å². The number of pyridine rings is 1. The number of rotatable bonds is 7. The normalized spacial score (nSPS) is 10.9. The number of carbonyl (C=O) groups is 1. The van der Waals surface area contributed by atoms with Crippen LogP contribution < -0.4 is 15.4 Å². The van der Waals surface area contributed by atoms with Crippen molar-refractivity contribution in [2.75, 3.05) is 5.32 Å². The second kappa shape index (κ2) is 10.9. The lowest BCUT2D eigenvalue weighted by molar-refractivity contribution is -0.119. The molecule has 3 heterocycles. The lowest BCUT2D eigenvalue weighted by atomic mass is 10.1. The number of amides is 1. The Bertz CT molecular complexity index is 1580. The molecule has 0 bridgehead atoms. The third-order valence-electron chi connectivity index (χ3n) is 5.52. The van der Waals surface area contributed by atoms with E-state index in [9.17, 15) is 9.18 Å². The summed E-state index contributed by atoms with van der Waals surface area (Å²) in [5.41, 5.74) is 2.01. The van der Waals surface area contributed by atoms with Gasteiger partial charge in [-0.15, -0.1) is 11.3 Å². The number of anilines is 1. The highest BCUT2D eigenvalue weighted by Crippen LogP contribution is 2.39. The van der Waals surface area contributed by atoms with E-state index in [0.29, 0.717) is 11.4 Å². The lowest BCUT2D eigenvalue weighted by Crippen LogP contribution is -2.35. The summed E-state index contributed by atoms with van der Waals surface area (Å²) in [5, 5.41) is 5.53. The van der Waals surface area contributed by atoms with E-state index in [1.165, 1.54) is 23.5 Å². The molecule has 2 N–H and O–H groups in total. The molecule has 1 amide bonds. The molecule has 0 fully saturated rings. The largest absolute Gasteiger partial charge is 0.453 e. The first kappa shape index (κ1) is 24.5. The number of halogens is 1. The molecule has 0 saturated heterocycles. The third-order valence-corrected chi connectivity index (χ3v) is 6.86. The second-order valence-corrected chi connectivity index (χ2v) is 9.54. The molecule has 2 aromatic carbocycles. The maximum absolute atomic E-state index is 14.9. The Morgan fingerprint density at radius 1 is 1.08 bits per heavy atom. The Labute approximate surface area is 222 Å². The number of carbonyl (C=O) groups excluding carboxylic acids is 1. The molecule has 5 aromatic rings. The number of ether oxygens (including phenoxy) is 1. The highest BCUT2D eigenvalue weighted by atomic mass is 32.1. The molecule has 0 aliphatic carbocycles. The number of nitrogens with one attached hydrogen (secondary N) is 2. The molecule has 0 saturated carbocycles. The Balaban J connectivity index is 1.27. The molecule has 0 aliphatic rings. The van der Waals surface area contributed by atoms with Gasteiger partial charge in [0.1, 0.15) is 11.6 Å². The zero-order valence-corrected chi connectivity index (χ0v) is 21.4. The second-order valence-electron chi connectivity index (χ2n) is 8.08. The van der Waals surface area contributed by atoms with E-state index in [2.05, 4.69) is 27.5 Å². The monoisotopic (exact) mass is 531 g/mol. The van der Waals surface area contributed by atoms with Crippen LogP contribution in [0.5, 0.6) is 11.5 Å². The number of fused-ring (bicyclic) bond motifs is 1. The van der Waals surface area contributed by atoms with Crippen molar-refractivity contribution in [2.24, 2.45) is 0 Å². The van der Waals surface area contributed by atoms with Crippen molar-refractivity contribution in [3.05, 3.63) is 90.6 Å². The maximum Gasteiger partial charge on any atom is 0.230 e. The van der Waals surface area contributed by atoms with E-state index in [0.717, 1.165) is 33.0 Å². The molecule has 0 spiro atoms. The highest BCUT2D eigenvalue weighted by Gasteiger charge is 2.15. The van der Waals surface area contributed by atoms with E-state index in [1.807, 2.05) is 47.2 Å². The number of imidazole rings is 1. The quantitative estimate of drug-likeness (QED) is 0.245. The summed E-state index contributed by atoms with van der Waals surface area (Å²) < 4.78 is 23.7. The van der Waals surface area contributed by atoms with Gasteiger partial charge < -0.3 is 19.9 Å². The van der Waals surface area contributed by atoms with Gasteiger partial charge in [0.15, 0.2) is 16.7 Å².